The minimum Gasteiger partial charge on any atom is -0.288 e. The van der Waals surface area contributed by atoms with E-state index < -0.39 is 0 Å². The Morgan fingerprint density at radius 1 is 0.909 bits per heavy atom. The van der Waals surface area contributed by atoms with Gasteiger partial charge in [0.1, 0.15) is 0 Å². The molecule has 0 bridgehead atoms. The van der Waals surface area contributed by atoms with Crippen molar-refractivity contribution >= 4 is 33.0 Å². The first kappa shape index (κ1) is 15.2. The van der Waals surface area contributed by atoms with Crippen LogP contribution in [0.5, 0.6) is 0 Å². The molecule has 110 valence electrons. The number of carbonyl (C=O) groups excluding carboxylic acids is 1. The molecule has 22 heavy (non-hydrogen) atoms. The van der Waals surface area contributed by atoms with Gasteiger partial charge in [0.15, 0.2) is 0 Å². The highest BCUT2D eigenvalue weighted by molar-refractivity contribution is 9.10. The Bertz CT molecular complexity index is 814. The van der Waals surface area contributed by atoms with Gasteiger partial charge in [-0.15, -0.1) is 11.3 Å². The van der Waals surface area contributed by atoms with Gasteiger partial charge in [-0.2, -0.15) is 0 Å². The number of thiophene rings is 1. The van der Waals surface area contributed by atoms with Gasteiger partial charge in [0.25, 0.3) is 0 Å². The van der Waals surface area contributed by atoms with E-state index in [0.29, 0.717) is 0 Å². The van der Waals surface area contributed by atoms with Crippen LogP contribution in [-0.2, 0) is 0 Å². The lowest BCUT2D eigenvalue weighted by molar-refractivity contribution is 0.104. The van der Waals surface area contributed by atoms with Crippen molar-refractivity contribution in [1.29, 1.82) is 0 Å². The van der Waals surface area contributed by atoms with E-state index in [1.54, 1.807) is 0 Å². The first-order valence-electron chi connectivity index (χ1n) is 7.02. The van der Waals surface area contributed by atoms with Gasteiger partial charge in [0.05, 0.1) is 4.88 Å². The molecule has 2 aromatic carbocycles. The molecule has 0 N–H and O–H groups in total. The molecule has 0 atom stereocenters. The summed E-state index contributed by atoms with van der Waals surface area (Å²) in [6.07, 6.45) is 0. The van der Waals surface area contributed by atoms with Crippen molar-refractivity contribution in [2.45, 2.75) is 13.8 Å². The van der Waals surface area contributed by atoms with E-state index in [9.17, 15) is 4.79 Å². The average molecular weight is 371 g/mol. The molecule has 0 saturated carbocycles. The molecule has 1 aromatic heterocycles. The van der Waals surface area contributed by atoms with Crippen LogP contribution in [0.15, 0.2) is 59.1 Å². The van der Waals surface area contributed by atoms with E-state index in [-0.39, 0.29) is 5.78 Å². The number of rotatable bonds is 3. The monoisotopic (exact) mass is 370 g/mol. The molecule has 0 aliphatic carbocycles. The highest BCUT2D eigenvalue weighted by atomic mass is 79.9. The first-order valence-corrected chi connectivity index (χ1v) is 8.63. The van der Waals surface area contributed by atoms with Crippen LogP contribution in [0.3, 0.4) is 0 Å². The maximum atomic E-state index is 12.6. The van der Waals surface area contributed by atoms with E-state index in [1.807, 2.05) is 37.3 Å². The third kappa shape index (κ3) is 3.06. The molecule has 0 radical (unpaired) electrons. The fourth-order valence-electron chi connectivity index (χ4n) is 2.23. The van der Waals surface area contributed by atoms with Crippen molar-refractivity contribution in [2.75, 3.05) is 0 Å². The molecule has 0 spiro atoms. The molecule has 0 saturated heterocycles. The highest BCUT2D eigenvalue weighted by Crippen LogP contribution is 2.37. The van der Waals surface area contributed by atoms with Gasteiger partial charge in [-0.3, -0.25) is 4.79 Å². The van der Waals surface area contributed by atoms with Crippen molar-refractivity contribution in [3.05, 3.63) is 80.6 Å². The van der Waals surface area contributed by atoms with Crippen LogP contribution in [0.2, 0.25) is 0 Å². The quantitative estimate of drug-likeness (QED) is 0.514. The molecule has 0 aliphatic heterocycles. The zero-order valence-corrected chi connectivity index (χ0v) is 14.8. The average Bonchev–Trinajstić information content (AvgIpc) is 2.90. The van der Waals surface area contributed by atoms with E-state index in [0.717, 1.165) is 30.9 Å². The lowest BCUT2D eigenvalue weighted by Gasteiger charge is -2.00. The molecular weight excluding hydrogens is 356 g/mol. The number of hydrogen-bond acceptors (Lipinski definition) is 2. The summed E-state index contributed by atoms with van der Waals surface area (Å²) in [5.41, 5.74) is 4.25. The predicted octanol–water partition coefficient (Wildman–Crippen LogP) is 6.03. The zero-order valence-electron chi connectivity index (χ0n) is 12.4. The fraction of sp³-hybridized carbons (Fsp3) is 0.105. The Morgan fingerprint density at radius 2 is 1.45 bits per heavy atom. The lowest BCUT2D eigenvalue weighted by Crippen LogP contribution is -1.97. The van der Waals surface area contributed by atoms with Gasteiger partial charge >= 0.3 is 0 Å². The van der Waals surface area contributed by atoms with E-state index >= 15 is 0 Å². The van der Waals surface area contributed by atoms with Crippen molar-refractivity contribution in [2.24, 2.45) is 0 Å². The number of carbonyl (C=O) groups is 1. The van der Waals surface area contributed by atoms with Crippen LogP contribution in [0.4, 0.5) is 0 Å². The molecule has 0 unspecified atom stereocenters. The molecule has 0 fully saturated rings. The smallest absolute Gasteiger partial charge is 0.203 e. The topological polar surface area (TPSA) is 17.1 Å². The van der Waals surface area contributed by atoms with Crippen molar-refractivity contribution in [3.8, 4) is 10.4 Å². The predicted molar refractivity (Wildman–Crippen MR) is 96.8 cm³/mol. The molecule has 1 nitrogen and oxygen atoms in total. The Morgan fingerprint density at radius 3 is 2.05 bits per heavy atom. The zero-order chi connectivity index (χ0) is 15.7. The summed E-state index contributed by atoms with van der Waals surface area (Å²) in [7, 11) is 0. The van der Waals surface area contributed by atoms with E-state index in [4.69, 9.17) is 0 Å². The third-order valence-electron chi connectivity index (χ3n) is 3.54. The largest absolute Gasteiger partial charge is 0.288 e. The molecular formula is C19H15BrOS. The van der Waals surface area contributed by atoms with Crippen LogP contribution in [0, 0.1) is 13.8 Å². The first-order chi connectivity index (χ1) is 10.5. The second-order valence-corrected chi connectivity index (χ2v) is 7.26. The standard InChI is InChI=1S/C19H15BrOS/c1-12-3-7-14(8-4-12)18(21)17-11-16(20)19(22-17)15-9-5-13(2)6-10-15/h3-11H,1-2H3. The van der Waals surface area contributed by atoms with Gasteiger partial charge in [0, 0.05) is 14.9 Å². The number of ketones is 1. The Balaban J connectivity index is 1.96. The minimum absolute atomic E-state index is 0.0732. The van der Waals surface area contributed by atoms with Crippen LogP contribution in [0.25, 0.3) is 10.4 Å². The second kappa shape index (κ2) is 6.19. The van der Waals surface area contributed by atoms with E-state index in [1.165, 1.54) is 16.9 Å². The van der Waals surface area contributed by atoms with Gasteiger partial charge < -0.3 is 0 Å². The van der Waals surface area contributed by atoms with E-state index in [2.05, 4.69) is 47.1 Å². The van der Waals surface area contributed by atoms with Crippen LogP contribution < -0.4 is 0 Å². The van der Waals surface area contributed by atoms with Crippen molar-refractivity contribution in [3.63, 3.8) is 0 Å². The van der Waals surface area contributed by atoms with Gasteiger partial charge in [-0.1, -0.05) is 59.7 Å². The number of hydrogen-bond donors (Lipinski definition) is 0. The summed E-state index contributed by atoms with van der Waals surface area (Å²) in [6, 6.07) is 18.0. The molecule has 3 aromatic rings. The summed E-state index contributed by atoms with van der Waals surface area (Å²) in [6.45, 7) is 4.09. The van der Waals surface area contributed by atoms with Crippen molar-refractivity contribution in [1.82, 2.24) is 0 Å². The fourth-order valence-corrected chi connectivity index (χ4v) is 4.10. The second-order valence-electron chi connectivity index (χ2n) is 5.35. The maximum absolute atomic E-state index is 12.6. The summed E-state index contributed by atoms with van der Waals surface area (Å²) in [4.78, 5) is 14.4. The van der Waals surface area contributed by atoms with Crippen molar-refractivity contribution < 1.29 is 4.79 Å². The van der Waals surface area contributed by atoms with Crippen LogP contribution >= 0.6 is 27.3 Å². The molecule has 3 heteroatoms. The maximum Gasteiger partial charge on any atom is 0.203 e. The van der Waals surface area contributed by atoms with Gasteiger partial charge in [0.2, 0.25) is 5.78 Å². The molecule has 1 heterocycles. The number of aryl methyl sites for hydroxylation is 2. The summed E-state index contributed by atoms with van der Waals surface area (Å²) >= 11 is 5.11. The van der Waals surface area contributed by atoms with Crippen LogP contribution in [-0.4, -0.2) is 5.78 Å². The SMILES string of the molecule is Cc1ccc(C(=O)c2cc(Br)c(-c3ccc(C)cc3)s2)cc1. The lowest BCUT2D eigenvalue weighted by atomic mass is 10.1. The highest BCUT2D eigenvalue weighted by Gasteiger charge is 2.16. The number of benzene rings is 2. The van der Waals surface area contributed by atoms with Gasteiger partial charge in [-0.05, 0) is 41.4 Å². The molecule has 3 rings (SSSR count). The summed E-state index contributed by atoms with van der Waals surface area (Å²) < 4.78 is 0.969. The normalized spacial score (nSPS) is 10.7. The third-order valence-corrected chi connectivity index (χ3v) is 5.61. The van der Waals surface area contributed by atoms with Gasteiger partial charge in [-0.25, -0.2) is 0 Å². The number of halogens is 1. The summed E-state index contributed by atoms with van der Waals surface area (Å²) in [5, 5.41) is 0. The Hall–Kier alpha value is -1.71. The summed E-state index contributed by atoms with van der Waals surface area (Å²) in [5.74, 6) is 0.0732. The molecule has 0 amide bonds. The minimum atomic E-state index is 0.0732. The molecule has 0 aliphatic rings. The Labute approximate surface area is 142 Å². The van der Waals surface area contributed by atoms with Crippen LogP contribution in [0.1, 0.15) is 26.4 Å². The Kier molecular flexibility index (Phi) is 4.27.